The highest BCUT2D eigenvalue weighted by Gasteiger charge is 2.49. The Morgan fingerprint density at radius 1 is 1.42 bits per heavy atom. The molecule has 2 atom stereocenters. The van der Waals surface area contributed by atoms with Gasteiger partial charge < -0.3 is 19.3 Å². The summed E-state index contributed by atoms with van der Waals surface area (Å²) >= 11 is 0. The van der Waals surface area contributed by atoms with E-state index in [1.54, 1.807) is 11.0 Å². The number of nitrogens with zero attached hydrogens (tertiary/aromatic N) is 2. The van der Waals surface area contributed by atoms with Gasteiger partial charge in [-0.25, -0.2) is 0 Å². The summed E-state index contributed by atoms with van der Waals surface area (Å²) in [6, 6.07) is 9.68. The number of carbonyl (C=O) groups excluding carboxylic acids is 1. The second-order valence-corrected chi connectivity index (χ2v) is 7.43. The Morgan fingerprint density at radius 3 is 3.08 bits per heavy atom. The van der Waals surface area contributed by atoms with E-state index in [9.17, 15) is 9.90 Å². The van der Waals surface area contributed by atoms with Crippen molar-refractivity contribution in [3.63, 3.8) is 0 Å². The van der Waals surface area contributed by atoms with Crippen molar-refractivity contribution < 1.29 is 19.2 Å². The Morgan fingerprint density at radius 2 is 2.27 bits per heavy atom. The second kappa shape index (κ2) is 6.76. The maximum absolute atomic E-state index is 12.9. The van der Waals surface area contributed by atoms with Crippen molar-refractivity contribution in [1.29, 1.82) is 0 Å². The third-order valence-electron chi connectivity index (χ3n) is 5.64. The number of hydrogen-bond acceptors (Lipinski definition) is 5. The van der Waals surface area contributed by atoms with Gasteiger partial charge in [0.2, 0.25) is 0 Å². The molecule has 2 aliphatic heterocycles. The number of hydrogen-bond donors (Lipinski definition) is 1. The number of aryl methyl sites for hydroxylation is 1. The lowest BCUT2D eigenvalue weighted by atomic mass is 9.75. The largest absolute Gasteiger partial charge is 0.493 e. The first-order valence-electron chi connectivity index (χ1n) is 9.21. The summed E-state index contributed by atoms with van der Waals surface area (Å²) in [5.41, 5.74) is 1.06. The summed E-state index contributed by atoms with van der Waals surface area (Å²) in [6.07, 6.45) is 2.42. The SMILES string of the molecule is CCCc1cc(C(=O)N2CC3COc4ccccc4CC3(CO)C2)no1. The Kier molecular flexibility index (Phi) is 4.44. The van der Waals surface area contributed by atoms with Crippen LogP contribution >= 0.6 is 0 Å². The van der Waals surface area contributed by atoms with Crippen molar-refractivity contribution in [2.24, 2.45) is 11.3 Å². The van der Waals surface area contributed by atoms with Gasteiger partial charge in [-0.15, -0.1) is 0 Å². The molecule has 6 heteroatoms. The molecule has 3 heterocycles. The van der Waals surface area contributed by atoms with Crippen molar-refractivity contribution >= 4 is 5.91 Å². The number of likely N-dealkylation sites (tertiary alicyclic amines) is 1. The van der Waals surface area contributed by atoms with E-state index in [1.165, 1.54) is 0 Å². The van der Waals surface area contributed by atoms with E-state index in [0.717, 1.165) is 29.9 Å². The van der Waals surface area contributed by atoms with Gasteiger partial charge in [-0.05, 0) is 24.5 Å². The van der Waals surface area contributed by atoms with Crippen LogP contribution in [0.1, 0.15) is 35.2 Å². The van der Waals surface area contributed by atoms with Gasteiger partial charge in [-0.1, -0.05) is 30.3 Å². The van der Waals surface area contributed by atoms with Gasteiger partial charge in [0, 0.05) is 36.9 Å². The van der Waals surface area contributed by atoms with Gasteiger partial charge >= 0.3 is 0 Å². The monoisotopic (exact) mass is 356 g/mol. The van der Waals surface area contributed by atoms with E-state index in [2.05, 4.69) is 12.1 Å². The number of benzene rings is 1. The lowest BCUT2D eigenvalue weighted by molar-refractivity contribution is 0.0688. The Balaban J connectivity index is 1.56. The van der Waals surface area contributed by atoms with Crippen LogP contribution in [0.4, 0.5) is 0 Å². The molecule has 1 amide bonds. The minimum Gasteiger partial charge on any atom is -0.493 e. The lowest BCUT2D eigenvalue weighted by Gasteiger charge is -2.30. The standard InChI is InChI=1S/C20H24N2O4/c1-2-5-16-8-17(21-26-16)19(24)22-10-15-11-25-18-7-4-3-6-14(18)9-20(15,12-22)13-23/h3-4,6-8,15,23H,2,5,9-13H2,1H3. The van der Waals surface area contributed by atoms with Crippen LogP contribution in [0.3, 0.4) is 0 Å². The van der Waals surface area contributed by atoms with Crippen LogP contribution in [-0.2, 0) is 12.8 Å². The summed E-state index contributed by atoms with van der Waals surface area (Å²) in [7, 11) is 0. The van der Waals surface area contributed by atoms with Gasteiger partial charge in [-0.2, -0.15) is 0 Å². The fourth-order valence-corrected chi connectivity index (χ4v) is 4.15. The van der Waals surface area contributed by atoms with E-state index < -0.39 is 0 Å². The van der Waals surface area contributed by atoms with Crippen LogP contribution in [0.25, 0.3) is 0 Å². The van der Waals surface area contributed by atoms with Crippen LogP contribution in [-0.4, -0.2) is 47.4 Å². The number of aromatic nitrogens is 1. The molecule has 0 spiro atoms. The number of para-hydroxylation sites is 1. The van der Waals surface area contributed by atoms with Crippen LogP contribution in [0.5, 0.6) is 5.75 Å². The summed E-state index contributed by atoms with van der Waals surface area (Å²) in [6.45, 7) is 3.64. The molecule has 138 valence electrons. The highest BCUT2D eigenvalue weighted by Crippen LogP contribution is 2.43. The second-order valence-electron chi connectivity index (χ2n) is 7.43. The van der Waals surface area contributed by atoms with Crippen molar-refractivity contribution in [3.05, 3.63) is 47.3 Å². The number of rotatable bonds is 4. The fraction of sp³-hybridized carbons (Fsp3) is 0.500. The molecule has 0 aliphatic carbocycles. The van der Waals surface area contributed by atoms with E-state index in [-0.39, 0.29) is 23.8 Å². The van der Waals surface area contributed by atoms with Crippen LogP contribution in [0.2, 0.25) is 0 Å². The number of ether oxygens (including phenoxy) is 1. The number of amides is 1. The first-order chi connectivity index (χ1) is 12.6. The van der Waals surface area contributed by atoms with Gasteiger partial charge in [-0.3, -0.25) is 4.79 Å². The molecule has 2 aliphatic rings. The molecule has 0 radical (unpaired) electrons. The molecule has 0 bridgehead atoms. The molecule has 2 unspecified atom stereocenters. The van der Waals surface area contributed by atoms with Crippen molar-refractivity contribution in [3.8, 4) is 5.75 Å². The molecule has 1 fully saturated rings. The number of aliphatic hydroxyl groups is 1. The number of carbonyl (C=O) groups is 1. The topological polar surface area (TPSA) is 75.8 Å². The Bertz CT molecular complexity index is 803. The number of aliphatic hydroxyl groups excluding tert-OH is 1. The summed E-state index contributed by atoms with van der Waals surface area (Å²) in [4.78, 5) is 14.7. The van der Waals surface area contributed by atoms with Crippen molar-refractivity contribution in [1.82, 2.24) is 10.1 Å². The van der Waals surface area contributed by atoms with Crippen LogP contribution < -0.4 is 4.74 Å². The smallest absolute Gasteiger partial charge is 0.276 e. The minimum absolute atomic E-state index is 0.0268. The van der Waals surface area contributed by atoms with Crippen LogP contribution in [0, 0.1) is 11.3 Å². The quantitative estimate of drug-likeness (QED) is 0.910. The Labute approximate surface area is 152 Å². The molecule has 26 heavy (non-hydrogen) atoms. The normalized spacial score (nSPS) is 24.5. The third-order valence-corrected chi connectivity index (χ3v) is 5.64. The predicted octanol–water partition coefficient (Wildman–Crippen LogP) is 2.31. The zero-order valence-corrected chi connectivity index (χ0v) is 15.0. The van der Waals surface area contributed by atoms with Crippen molar-refractivity contribution in [2.45, 2.75) is 26.2 Å². The average Bonchev–Trinajstić information content (AvgIpc) is 3.23. The summed E-state index contributed by atoms with van der Waals surface area (Å²) in [5.74, 6) is 1.57. The van der Waals surface area contributed by atoms with Gasteiger partial charge in [0.05, 0.1) is 13.2 Å². The highest BCUT2D eigenvalue weighted by atomic mass is 16.5. The third kappa shape index (κ3) is 2.88. The first-order valence-corrected chi connectivity index (χ1v) is 9.21. The van der Waals surface area contributed by atoms with E-state index >= 15 is 0 Å². The molecule has 1 saturated heterocycles. The molecule has 1 aromatic heterocycles. The molecule has 0 saturated carbocycles. The van der Waals surface area contributed by atoms with Gasteiger partial charge in [0.15, 0.2) is 5.69 Å². The van der Waals surface area contributed by atoms with Crippen molar-refractivity contribution in [2.75, 3.05) is 26.3 Å². The highest BCUT2D eigenvalue weighted by molar-refractivity contribution is 5.92. The predicted molar refractivity (Wildman–Crippen MR) is 95.1 cm³/mol. The molecule has 1 aromatic carbocycles. The first kappa shape index (κ1) is 17.1. The van der Waals surface area contributed by atoms with E-state index in [4.69, 9.17) is 9.26 Å². The summed E-state index contributed by atoms with van der Waals surface area (Å²) < 4.78 is 11.2. The molecule has 4 rings (SSSR count). The van der Waals surface area contributed by atoms with Gasteiger partial charge in [0.1, 0.15) is 11.5 Å². The Hall–Kier alpha value is -2.34. The molecule has 6 nitrogen and oxygen atoms in total. The van der Waals surface area contributed by atoms with Crippen LogP contribution in [0.15, 0.2) is 34.9 Å². The lowest BCUT2D eigenvalue weighted by Crippen LogP contribution is -2.38. The summed E-state index contributed by atoms with van der Waals surface area (Å²) in [5, 5.41) is 14.2. The minimum atomic E-state index is -0.377. The molecule has 1 N–H and O–H groups in total. The average molecular weight is 356 g/mol. The molecular weight excluding hydrogens is 332 g/mol. The number of fused-ring (bicyclic) bond motifs is 2. The maximum Gasteiger partial charge on any atom is 0.276 e. The molecule has 2 aromatic rings. The maximum atomic E-state index is 12.9. The van der Waals surface area contributed by atoms with E-state index in [1.807, 2.05) is 24.3 Å². The fourth-order valence-electron chi connectivity index (χ4n) is 4.15. The zero-order valence-electron chi connectivity index (χ0n) is 15.0. The molecular formula is C20H24N2O4. The zero-order chi connectivity index (χ0) is 18.1. The van der Waals surface area contributed by atoms with Gasteiger partial charge in [0.25, 0.3) is 5.91 Å². The van der Waals surface area contributed by atoms with E-state index in [0.29, 0.717) is 31.8 Å².